The van der Waals surface area contributed by atoms with Crippen molar-refractivity contribution in [2.75, 3.05) is 5.32 Å². The van der Waals surface area contributed by atoms with Crippen molar-refractivity contribution in [2.45, 2.75) is 19.4 Å². The lowest BCUT2D eigenvalue weighted by molar-refractivity contribution is 0.100. The van der Waals surface area contributed by atoms with E-state index in [-0.39, 0.29) is 11.8 Å². The summed E-state index contributed by atoms with van der Waals surface area (Å²) in [5, 5.41) is 13.3. The SMILES string of the molecule is CCC(Nc1cccc(C(N)=O)c1)c1cc(Br)ccc1O. The monoisotopic (exact) mass is 348 g/mol. The van der Waals surface area contributed by atoms with E-state index in [4.69, 9.17) is 5.73 Å². The number of nitrogens with two attached hydrogens (primary N) is 1. The van der Waals surface area contributed by atoms with Gasteiger partial charge in [0.05, 0.1) is 6.04 Å². The van der Waals surface area contributed by atoms with Crippen molar-refractivity contribution < 1.29 is 9.90 Å². The molecule has 0 aliphatic heterocycles. The third kappa shape index (κ3) is 3.76. The predicted molar refractivity (Wildman–Crippen MR) is 87.4 cm³/mol. The molecule has 1 amide bonds. The van der Waals surface area contributed by atoms with Crippen molar-refractivity contribution in [3.63, 3.8) is 0 Å². The lowest BCUT2D eigenvalue weighted by Gasteiger charge is -2.20. The van der Waals surface area contributed by atoms with Gasteiger partial charge in [-0.15, -0.1) is 0 Å². The van der Waals surface area contributed by atoms with Crippen LogP contribution in [0.3, 0.4) is 0 Å². The smallest absolute Gasteiger partial charge is 0.248 e. The number of hydrogen-bond acceptors (Lipinski definition) is 3. The molecule has 2 rings (SSSR count). The van der Waals surface area contributed by atoms with E-state index in [2.05, 4.69) is 21.2 Å². The first kappa shape index (κ1) is 15.4. The number of nitrogens with one attached hydrogen (secondary N) is 1. The summed E-state index contributed by atoms with van der Waals surface area (Å²) in [5.74, 6) is -0.222. The third-order valence-electron chi connectivity index (χ3n) is 3.26. The van der Waals surface area contributed by atoms with Crippen LogP contribution in [-0.4, -0.2) is 11.0 Å². The summed E-state index contributed by atoms with van der Waals surface area (Å²) < 4.78 is 0.904. The quantitative estimate of drug-likeness (QED) is 0.768. The molecule has 0 saturated heterocycles. The largest absolute Gasteiger partial charge is 0.508 e. The number of benzene rings is 2. The maximum Gasteiger partial charge on any atom is 0.248 e. The summed E-state index contributed by atoms with van der Waals surface area (Å²) in [7, 11) is 0. The van der Waals surface area contributed by atoms with Crippen LogP contribution in [0.5, 0.6) is 5.75 Å². The summed E-state index contributed by atoms with van der Waals surface area (Å²) in [6.07, 6.45) is 0.783. The minimum Gasteiger partial charge on any atom is -0.508 e. The molecule has 4 nitrogen and oxygen atoms in total. The van der Waals surface area contributed by atoms with Crippen LogP contribution in [0.25, 0.3) is 0 Å². The van der Waals surface area contributed by atoms with Gasteiger partial charge in [-0.05, 0) is 42.8 Å². The fourth-order valence-electron chi connectivity index (χ4n) is 2.17. The number of phenolic OH excluding ortho intramolecular Hbond substituents is 1. The van der Waals surface area contributed by atoms with Gasteiger partial charge in [-0.2, -0.15) is 0 Å². The van der Waals surface area contributed by atoms with Gasteiger partial charge in [-0.3, -0.25) is 4.79 Å². The van der Waals surface area contributed by atoms with Gasteiger partial charge in [0.1, 0.15) is 5.75 Å². The summed E-state index contributed by atoms with van der Waals surface area (Å²) in [5.41, 5.74) is 7.33. The maximum absolute atomic E-state index is 11.2. The number of carbonyl (C=O) groups excluding carboxylic acids is 1. The highest BCUT2D eigenvalue weighted by molar-refractivity contribution is 9.10. The number of halogens is 1. The third-order valence-corrected chi connectivity index (χ3v) is 3.75. The van der Waals surface area contributed by atoms with Crippen molar-refractivity contribution in [3.05, 3.63) is 58.1 Å². The molecule has 2 aromatic rings. The number of hydrogen-bond donors (Lipinski definition) is 3. The molecule has 0 heterocycles. The topological polar surface area (TPSA) is 75.3 Å². The van der Waals surface area contributed by atoms with Crippen LogP contribution < -0.4 is 11.1 Å². The lowest BCUT2D eigenvalue weighted by atomic mass is 10.0. The molecule has 4 N–H and O–H groups in total. The molecule has 21 heavy (non-hydrogen) atoms. The highest BCUT2D eigenvalue weighted by atomic mass is 79.9. The molecule has 0 aliphatic rings. The van der Waals surface area contributed by atoms with Crippen LogP contribution in [0, 0.1) is 0 Å². The average molecular weight is 349 g/mol. The molecular weight excluding hydrogens is 332 g/mol. The predicted octanol–water partition coefficient (Wildman–Crippen LogP) is 3.82. The zero-order valence-electron chi connectivity index (χ0n) is 11.6. The average Bonchev–Trinajstić information content (AvgIpc) is 2.47. The van der Waals surface area contributed by atoms with Crippen LogP contribution in [0.1, 0.15) is 35.3 Å². The molecule has 0 aromatic heterocycles. The van der Waals surface area contributed by atoms with E-state index in [0.717, 1.165) is 22.1 Å². The van der Waals surface area contributed by atoms with E-state index >= 15 is 0 Å². The molecule has 0 spiro atoms. The van der Waals surface area contributed by atoms with Gasteiger partial charge in [0.15, 0.2) is 0 Å². The zero-order valence-corrected chi connectivity index (χ0v) is 13.2. The Balaban J connectivity index is 2.29. The maximum atomic E-state index is 11.2. The van der Waals surface area contributed by atoms with Gasteiger partial charge >= 0.3 is 0 Å². The molecule has 110 valence electrons. The molecule has 0 saturated carbocycles. The van der Waals surface area contributed by atoms with Crippen molar-refractivity contribution in [2.24, 2.45) is 5.73 Å². The summed E-state index contributed by atoms with van der Waals surface area (Å²) >= 11 is 3.41. The molecule has 2 aromatic carbocycles. The molecule has 0 bridgehead atoms. The van der Waals surface area contributed by atoms with Crippen LogP contribution in [0.4, 0.5) is 5.69 Å². The van der Waals surface area contributed by atoms with E-state index in [9.17, 15) is 9.90 Å². The Morgan fingerprint density at radius 1 is 1.33 bits per heavy atom. The van der Waals surface area contributed by atoms with Gasteiger partial charge in [0, 0.05) is 21.3 Å². The van der Waals surface area contributed by atoms with Gasteiger partial charge in [-0.1, -0.05) is 28.9 Å². The molecule has 0 fully saturated rings. The minimum atomic E-state index is -0.461. The normalized spacial score (nSPS) is 11.9. The van der Waals surface area contributed by atoms with Gasteiger partial charge in [0.2, 0.25) is 5.91 Å². The Bertz CT molecular complexity index is 658. The highest BCUT2D eigenvalue weighted by Crippen LogP contribution is 2.31. The van der Waals surface area contributed by atoms with Gasteiger partial charge in [-0.25, -0.2) is 0 Å². The van der Waals surface area contributed by atoms with E-state index in [1.165, 1.54) is 0 Å². The van der Waals surface area contributed by atoms with Crippen LogP contribution in [0.15, 0.2) is 46.9 Å². The van der Waals surface area contributed by atoms with Crippen LogP contribution >= 0.6 is 15.9 Å². The molecule has 0 radical (unpaired) electrons. The van der Waals surface area contributed by atoms with Crippen LogP contribution in [0.2, 0.25) is 0 Å². The number of rotatable bonds is 5. The molecule has 1 unspecified atom stereocenters. The number of phenols is 1. The molecular formula is C16H17BrN2O2. The summed E-state index contributed by atoms with van der Waals surface area (Å²) in [4.78, 5) is 11.2. The number of amides is 1. The Morgan fingerprint density at radius 3 is 2.76 bits per heavy atom. The fourth-order valence-corrected chi connectivity index (χ4v) is 2.55. The first-order valence-electron chi connectivity index (χ1n) is 6.66. The van der Waals surface area contributed by atoms with Crippen molar-refractivity contribution in [3.8, 4) is 5.75 Å². The lowest BCUT2D eigenvalue weighted by Crippen LogP contribution is -2.13. The standard InChI is InChI=1S/C16H17BrN2O2/c1-2-14(13-9-11(17)6-7-15(13)20)19-12-5-3-4-10(8-12)16(18)21/h3-9,14,19-20H,2H2,1H3,(H2,18,21). The van der Waals surface area contributed by atoms with Crippen molar-refractivity contribution in [1.29, 1.82) is 0 Å². The summed E-state index contributed by atoms with van der Waals surface area (Å²) in [6.45, 7) is 2.02. The molecule has 1 atom stereocenters. The second kappa shape index (κ2) is 6.63. The van der Waals surface area contributed by atoms with E-state index in [1.54, 1.807) is 30.3 Å². The van der Waals surface area contributed by atoms with Crippen LogP contribution in [-0.2, 0) is 0 Å². The van der Waals surface area contributed by atoms with Gasteiger partial charge < -0.3 is 16.2 Å². The van der Waals surface area contributed by atoms with E-state index < -0.39 is 5.91 Å². The second-order valence-corrected chi connectivity index (χ2v) is 5.67. The van der Waals surface area contributed by atoms with Crippen molar-refractivity contribution in [1.82, 2.24) is 0 Å². The molecule has 5 heteroatoms. The Kier molecular flexibility index (Phi) is 4.85. The fraction of sp³-hybridized carbons (Fsp3) is 0.188. The Hall–Kier alpha value is -2.01. The second-order valence-electron chi connectivity index (χ2n) is 4.75. The Morgan fingerprint density at radius 2 is 2.10 bits per heavy atom. The zero-order chi connectivity index (χ0) is 15.4. The van der Waals surface area contributed by atoms with E-state index in [1.807, 2.05) is 19.1 Å². The summed E-state index contributed by atoms with van der Waals surface area (Å²) in [6, 6.07) is 12.3. The number of carbonyl (C=O) groups is 1. The number of anilines is 1. The number of primary amides is 1. The molecule has 0 aliphatic carbocycles. The van der Waals surface area contributed by atoms with Gasteiger partial charge in [0.25, 0.3) is 0 Å². The minimum absolute atomic E-state index is 0.0642. The van der Waals surface area contributed by atoms with E-state index in [0.29, 0.717) is 5.56 Å². The number of aromatic hydroxyl groups is 1. The van der Waals surface area contributed by atoms with Crippen molar-refractivity contribution >= 4 is 27.5 Å². The highest BCUT2D eigenvalue weighted by Gasteiger charge is 2.14. The Labute approximate surface area is 132 Å². The first-order valence-corrected chi connectivity index (χ1v) is 7.45. The first-order chi connectivity index (χ1) is 10.0.